The summed E-state index contributed by atoms with van der Waals surface area (Å²) in [6.07, 6.45) is 3.17. The molecule has 4 heteroatoms. The third-order valence-corrected chi connectivity index (χ3v) is 3.14. The van der Waals surface area contributed by atoms with Crippen molar-refractivity contribution in [2.45, 2.75) is 39.7 Å². The second-order valence-corrected chi connectivity index (χ2v) is 5.95. The molecule has 0 atom stereocenters. The minimum atomic E-state index is 0.145. The summed E-state index contributed by atoms with van der Waals surface area (Å²) in [7, 11) is 0. The Labute approximate surface area is 120 Å². The molecule has 0 spiro atoms. The first-order valence-corrected chi connectivity index (χ1v) is 6.66. The number of nitrogens with zero attached hydrogens (tertiary/aromatic N) is 2. The van der Waals surface area contributed by atoms with E-state index in [1.807, 2.05) is 6.07 Å². The Morgan fingerprint density at radius 3 is 2.45 bits per heavy atom. The van der Waals surface area contributed by atoms with Crippen molar-refractivity contribution in [3.63, 3.8) is 0 Å². The first-order chi connectivity index (χ1) is 9.36. The average Bonchev–Trinajstić information content (AvgIpc) is 2.38. The monoisotopic (exact) mass is 271 g/mol. The summed E-state index contributed by atoms with van der Waals surface area (Å²) in [6.45, 7) is 9.05. The fraction of sp³-hybridized carbons (Fsp3) is 0.375. The van der Waals surface area contributed by atoms with Crippen molar-refractivity contribution in [2.24, 2.45) is 0 Å². The first-order valence-electron chi connectivity index (χ1n) is 6.66. The van der Waals surface area contributed by atoms with E-state index in [2.05, 4.69) is 49.8 Å². The summed E-state index contributed by atoms with van der Waals surface area (Å²) in [6, 6.07) is 6.29. The van der Waals surface area contributed by atoms with Crippen LogP contribution < -0.4 is 10.5 Å². The normalized spacial score (nSPS) is 11.4. The smallest absolute Gasteiger partial charge is 0.141 e. The van der Waals surface area contributed by atoms with Crippen LogP contribution in [0.25, 0.3) is 0 Å². The molecular formula is C16H21N3O. The van der Waals surface area contributed by atoms with Gasteiger partial charge in [0.25, 0.3) is 0 Å². The highest BCUT2D eigenvalue weighted by atomic mass is 16.5. The third kappa shape index (κ3) is 3.47. The van der Waals surface area contributed by atoms with Crippen LogP contribution in [-0.2, 0) is 12.0 Å². The molecule has 2 aromatic rings. The van der Waals surface area contributed by atoms with Gasteiger partial charge in [0.15, 0.2) is 0 Å². The molecule has 1 aromatic heterocycles. The van der Waals surface area contributed by atoms with Crippen LogP contribution in [0.4, 0.5) is 5.82 Å². The maximum Gasteiger partial charge on any atom is 0.141 e. The van der Waals surface area contributed by atoms with Crippen LogP contribution in [0.1, 0.15) is 37.6 Å². The topological polar surface area (TPSA) is 61.0 Å². The highest BCUT2D eigenvalue weighted by Crippen LogP contribution is 2.27. The number of ether oxygens (including phenoxy) is 1. The highest BCUT2D eigenvalue weighted by Gasteiger charge is 2.14. The molecule has 0 aliphatic carbocycles. The molecule has 1 heterocycles. The zero-order chi connectivity index (χ0) is 14.8. The van der Waals surface area contributed by atoms with Gasteiger partial charge in [-0.15, -0.1) is 0 Å². The molecule has 1 aromatic carbocycles. The molecule has 0 amide bonds. The Morgan fingerprint density at radius 1 is 1.15 bits per heavy atom. The summed E-state index contributed by atoms with van der Waals surface area (Å²) in [5, 5.41) is 0. The van der Waals surface area contributed by atoms with Gasteiger partial charge in [-0.05, 0) is 29.5 Å². The van der Waals surface area contributed by atoms with Gasteiger partial charge in [0.05, 0.1) is 18.1 Å². The SMILES string of the molecule is Cc1cc(C(C)(C)C)ccc1OCc1cnc(N)cn1. The van der Waals surface area contributed by atoms with Crippen LogP contribution in [0.5, 0.6) is 5.75 Å². The molecule has 0 fully saturated rings. The Morgan fingerprint density at radius 2 is 1.90 bits per heavy atom. The molecule has 0 aliphatic rings. The summed E-state index contributed by atoms with van der Waals surface area (Å²) in [5.41, 5.74) is 8.83. The van der Waals surface area contributed by atoms with Gasteiger partial charge in [0.1, 0.15) is 18.2 Å². The Balaban J connectivity index is 2.08. The quantitative estimate of drug-likeness (QED) is 0.931. The molecular weight excluding hydrogens is 250 g/mol. The minimum absolute atomic E-state index is 0.145. The molecule has 4 nitrogen and oxygen atoms in total. The van der Waals surface area contributed by atoms with Crippen LogP contribution in [0.2, 0.25) is 0 Å². The molecule has 0 unspecified atom stereocenters. The van der Waals surface area contributed by atoms with Crippen molar-refractivity contribution >= 4 is 5.82 Å². The van der Waals surface area contributed by atoms with Crippen LogP contribution in [-0.4, -0.2) is 9.97 Å². The zero-order valence-corrected chi connectivity index (χ0v) is 12.5. The van der Waals surface area contributed by atoms with E-state index in [4.69, 9.17) is 10.5 Å². The van der Waals surface area contributed by atoms with Crippen molar-refractivity contribution in [1.29, 1.82) is 0 Å². The molecule has 2 rings (SSSR count). The van der Waals surface area contributed by atoms with Gasteiger partial charge in [-0.3, -0.25) is 4.98 Å². The van der Waals surface area contributed by atoms with Gasteiger partial charge in [-0.25, -0.2) is 4.98 Å². The van der Waals surface area contributed by atoms with Gasteiger partial charge in [-0.2, -0.15) is 0 Å². The molecule has 0 saturated heterocycles. The van der Waals surface area contributed by atoms with Crippen LogP contribution in [0, 0.1) is 6.92 Å². The molecule has 106 valence electrons. The van der Waals surface area contributed by atoms with E-state index in [-0.39, 0.29) is 5.41 Å². The lowest BCUT2D eigenvalue weighted by molar-refractivity contribution is 0.298. The van der Waals surface area contributed by atoms with Gasteiger partial charge in [0.2, 0.25) is 0 Å². The Bertz CT molecular complexity index is 586. The number of aryl methyl sites for hydroxylation is 1. The number of benzene rings is 1. The van der Waals surface area contributed by atoms with Gasteiger partial charge in [0, 0.05) is 0 Å². The van der Waals surface area contributed by atoms with Gasteiger partial charge in [-0.1, -0.05) is 32.9 Å². The fourth-order valence-electron chi connectivity index (χ4n) is 1.87. The summed E-state index contributed by atoms with van der Waals surface area (Å²) < 4.78 is 5.79. The van der Waals surface area contributed by atoms with Crippen LogP contribution in [0.15, 0.2) is 30.6 Å². The fourth-order valence-corrected chi connectivity index (χ4v) is 1.87. The summed E-state index contributed by atoms with van der Waals surface area (Å²) in [5.74, 6) is 1.29. The molecule has 0 bridgehead atoms. The predicted molar refractivity (Wildman–Crippen MR) is 80.7 cm³/mol. The summed E-state index contributed by atoms with van der Waals surface area (Å²) >= 11 is 0. The highest BCUT2D eigenvalue weighted by molar-refractivity contribution is 5.38. The number of nitrogen functional groups attached to an aromatic ring is 1. The second kappa shape index (κ2) is 5.49. The number of aromatic nitrogens is 2. The van der Waals surface area contributed by atoms with E-state index < -0.39 is 0 Å². The van der Waals surface area contributed by atoms with E-state index in [0.29, 0.717) is 12.4 Å². The van der Waals surface area contributed by atoms with Crippen molar-refractivity contribution in [3.05, 3.63) is 47.4 Å². The van der Waals surface area contributed by atoms with E-state index in [1.54, 1.807) is 6.20 Å². The van der Waals surface area contributed by atoms with Crippen molar-refractivity contribution in [2.75, 3.05) is 5.73 Å². The predicted octanol–water partition coefficient (Wildman–Crippen LogP) is 3.24. The second-order valence-electron chi connectivity index (χ2n) is 5.95. The van der Waals surface area contributed by atoms with Crippen LogP contribution >= 0.6 is 0 Å². The maximum atomic E-state index is 5.79. The van der Waals surface area contributed by atoms with Crippen molar-refractivity contribution in [1.82, 2.24) is 9.97 Å². The lowest BCUT2D eigenvalue weighted by Crippen LogP contribution is -2.11. The van der Waals surface area contributed by atoms with Gasteiger partial charge >= 0.3 is 0 Å². The molecule has 2 N–H and O–H groups in total. The van der Waals surface area contributed by atoms with Crippen molar-refractivity contribution in [3.8, 4) is 5.75 Å². The summed E-state index contributed by atoms with van der Waals surface area (Å²) in [4.78, 5) is 8.16. The number of hydrogen-bond acceptors (Lipinski definition) is 4. The molecule has 20 heavy (non-hydrogen) atoms. The zero-order valence-electron chi connectivity index (χ0n) is 12.5. The van der Waals surface area contributed by atoms with E-state index in [9.17, 15) is 0 Å². The van der Waals surface area contributed by atoms with Gasteiger partial charge < -0.3 is 10.5 Å². The number of rotatable bonds is 3. The van der Waals surface area contributed by atoms with E-state index in [0.717, 1.165) is 17.0 Å². The number of hydrogen-bond donors (Lipinski definition) is 1. The molecule has 0 saturated carbocycles. The molecule has 0 radical (unpaired) electrons. The largest absolute Gasteiger partial charge is 0.487 e. The van der Waals surface area contributed by atoms with Crippen molar-refractivity contribution < 1.29 is 4.74 Å². The maximum absolute atomic E-state index is 5.79. The standard InChI is InChI=1S/C16H21N3O/c1-11-7-12(16(2,3)4)5-6-14(11)20-10-13-8-19-15(17)9-18-13/h5-9H,10H2,1-4H3,(H2,17,19). The lowest BCUT2D eigenvalue weighted by atomic mass is 9.86. The number of nitrogens with two attached hydrogens (primary N) is 1. The van der Waals surface area contributed by atoms with Crippen LogP contribution in [0.3, 0.4) is 0 Å². The minimum Gasteiger partial charge on any atom is -0.487 e. The Kier molecular flexibility index (Phi) is 3.93. The third-order valence-electron chi connectivity index (χ3n) is 3.14. The molecule has 0 aliphatic heterocycles. The number of anilines is 1. The Hall–Kier alpha value is -2.10. The lowest BCUT2D eigenvalue weighted by Gasteiger charge is -2.20. The first kappa shape index (κ1) is 14.3. The average molecular weight is 271 g/mol. The van der Waals surface area contributed by atoms with E-state index in [1.165, 1.54) is 11.8 Å². The van der Waals surface area contributed by atoms with E-state index >= 15 is 0 Å².